The van der Waals surface area contributed by atoms with Gasteiger partial charge in [0.2, 0.25) is 0 Å². The van der Waals surface area contributed by atoms with Gasteiger partial charge in [0.15, 0.2) is 9.84 Å². The highest BCUT2D eigenvalue weighted by Crippen LogP contribution is 2.13. The molecule has 0 heterocycles. The average molecular weight is 215 g/mol. The van der Waals surface area contributed by atoms with Crippen LogP contribution in [0.1, 0.15) is 6.92 Å². The molecule has 0 saturated heterocycles. The second-order valence-electron chi connectivity index (χ2n) is 2.83. The fourth-order valence-corrected chi connectivity index (χ4v) is 1.56. The Bertz CT molecular complexity index is 383. The first-order chi connectivity index (χ1) is 6.54. The number of sulfone groups is 1. The van der Waals surface area contributed by atoms with Crippen molar-refractivity contribution in [3.63, 3.8) is 0 Å². The highest BCUT2D eigenvalue weighted by Gasteiger charge is 2.05. The number of nitrogens with one attached hydrogen (secondary N) is 1. The minimum Gasteiger partial charge on any atom is -0.276 e. The second-order valence-corrected chi connectivity index (χ2v) is 4.85. The van der Waals surface area contributed by atoms with Crippen LogP contribution >= 0.6 is 0 Å². The summed E-state index contributed by atoms with van der Waals surface area (Å²) in [5, 5.41) is 0. The van der Waals surface area contributed by atoms with Gasteiger partial charge in [0.25, 0.3) is 0 Å². The molecule has 14 heavy (non-hydrogen) atoms. The molecule has 1 aromatic rings. The summed E-state index contributed by atoms with van der Waals surface area (Å²) in [6, 6.07) is 6.39. The van der Waals surface area contributed by atoms with Crippen LogP contribution in [-0.4, -0.2) is 21.3 Å². The molecule has 0 aliphatic carbocycles. The van der Waals surface area contributed by atoms with Crippen molar-refractivity contribution >= 4 is 15.5 Å². The maximum Gasteiger partial charge on any atom is 0.175 e. The molecule has 4 nitrogen and oxygen atoms in total. The minimum atomic E-state index is -3.11. The number of hydrogen-bond acceptors (Lipinski definition) is 4. The molecule has 78 valence electrons. The van der Waals surface area contributed by atoms with Gasteiger partial charge in [0.1, 0.15) is 0 Å². The zero-order valence-corrected chi connectivity index (χ0v) is 8.97. The summed E-state index contributed by atoms with van der Waals surface area (Å²) in [5.74, 6) is 0. The number of benzene rings is 1. The monoisotopic (exact) mass is 215 g/mol. The fourth-order valence-electron chi connectivity index (χ4n) is 0.926. The van der Waals surface area contributed by atoms with Crippen LogP contribution in [0.4, 0.5) is 5.69 Å². The first-order valence-electron chi connectivity index (χ1n) is 4.22. The van der Waals surface area contributed by atoms with E-state index in [1.165, 1.54) is 18.4 Å². The molecule has 0 saturated carbocycles. The van der Waals surface area contributed by atoms with E-state index in [0.29, 0.717) is 11.5 Å². The highest BCUT2D eigenvalue weighted by molar-refractivity contribution is 7.90. The van der Waals surface area contributed by atoms with Crippen molar-refractivity contribution in [1.82, 2.24) is 0 Å². The van der Waals surface area contributed by atoms with E-state index < -0.39 is 9.84 Å². The predicted molar refractivity (Wildman–Crippen MR) is 54.8 cm³/mol. The summed E-state index contributed by atoms with van der Waals surface area (Å²) >= 11 is 0. The normalized spacial score (nSPS) is 11.3. The Hall–Kier alpha value is -1.07. The fraction of sp³-hybridized carbons (Fsp3) is 0.333. The van der Waals surface area contributed by atoms with Gasteiger partial charge >= 0.3 is 0 Å². The SMILES string of the molecule is CCONc1ccc(S(C)(=O)=O)cc1. The molecule has 0 atom stereocenters. The Labute approximate surface area is 83.8 Å². The van der Waals surface area contributed by atoms with Gasteiger partial charge in [0.05, 0.1) is 17.2 Å². The zero-order valence-electron chi connectivity index (χ0n) is 8.15. The van der Waals surface area contributed by atoms with Crippen LogP contribution in [0.5, 0.6) is 0 Å². The average Bonchev–Trinajstić information content (AvgIpc) is 2.14. The predicted octanol–water partition coefficient (Wildman–Crippen LogP) is 1.45. The maximum atomic E-state index is 11.1. The molecule has 0 aliphatic rings. The van der Waals surface area contributed by atoms with Gasteiger partial charge < -0.3 is 0 Å². The molecule has 0 bridgehead atoms. The van der Waals surface area contributed by atoms with E-state index in [9.17, 15) is 8.42 Å². The molecule has 1 N–H and O–H groups in total. The van der Waals surface area contributed by atoms with Crippen LogP contribution in [0, 0.1) is 0 Å². The largest absolute Gasteiger partial charge is 0.276 e. The first kappa shape index (κ1) is 11.0. The Kier molecular flexibility index (Phi) is 3.49. The smallest absolute Gasteiger partial charge is 0.175 e. The third kappa shape index (κ3) is 3.01. The lowest BCUT2D eigenvalue weighted by molar-refractivity contribution is 0.210. The summed E-state index contributed by atoms with van der Waals surface area (Å²) in [6.45, 7) is 2.41. The molecular weight excluding hydrogens is 202 g/mol. The quantitative estimate of drug-likeness (QED) is 0.772. The Morgan fingerprint density at radius 2 is 1.86 bits per heavy atom. The summed E-state index contributed by atoms with van der Waals surface area (Å²) in [7, 11) is -3.11. The Morgan fingerprint density at radius 3 is 2.29 bits per heavy atom. The molecule has 5 heteroatoms. The standard InChI is InChI=1S/C9H13NO3S/c1-3-13-10-8-4-6-9(7-5-8)14(2,11)12/h4-7,10H,3H2,1-2H3. The highest BCUT2D eigenvalue weighted by atomic mass is 32.2. The summed E-state index contributed by atoms with van der Waals surface area (Å²) in [6.07, 6.45) is 1.18. The molecule has 1 aromatic carbocycles. The molecule has 0 spiro atoms. The van der Waals surface area contributed by atoms with Crippen molar-refractivity contribution in [2.24, 2.45) is 0 Å². The van der Waals surface area contributed by atoms with Crippen LogP contribution in [-0.2, 0) is 14.7 Å². The number of anilines is 1. The van der Waals surface area contributed by atoms with E-state index >= 15 is 0 Å². The van der Waals surface area contributed by atoms with Gasteiger partial charge in [-0.15, -0.1) is 0 Å². The van der Waals surface area contributed by atoms with Crippen molar-refractivity contribution in [2.75, 3.05) is 18.3 Å². The third-order valence-corrected chi connectivity index (χ3v) is 2.75. The third-order valence-electron chi connectivity index (χ3n) is 1.62. The molecule has 0 radical (unpaired) electrons. The van der Waals surface area contributed by atoms with E-state index in [1.54, 1.807) is 12.1 Å². The number of hydrogen-bond donors (Lipinski definition) is 1. The van der Waals surface area contributed by atoms with Crippen molar-refractivity contribution in [3.05, 3.63) is 24.3 Å². The molecule has 1 rings (SSSR count). The van der Waals surface area contributed by atoms with Crippen LogP contribution < -0.4 is 5.48 Å². The van der Waals surface area contributed by atoms with Crippen molar-refractivity contribution < 1.29 is 13.3 Å². The topological polar surface area (TPSA) is 55.4 Å². The lowest BCUT2D eigenvalue weighted by Gasteiger charge is -2.05. The van der Waals surface area contributed by atoms with Crippen LogP contribution in [0.3, 0.4) is 0 Å². The van der Waals surface area contributed by atoms with E-state index in [0.717, 1.165) is 5.69 Å². The van der Waals surface area contributed by atoms with Gasteiger partial charge in [-0.2, -0.15) is 0 Å². The van der Waals surface area contributed by atoms with Crippen molar-refractivity contribution in [1.29, 1.82) is 0 Å². The molecule has 0 amide bonds. The van der Waals surface area contributed by atoms with E-state index in [2.05, 4.69) is 5.48 Å². The Balaban J connectivity index is 2.79. The van der Waals surface area contributed by atoms with E-state index in [1.807, 2.05) is 6.92 Å². The van der Waals surface area contributed by atoms with Gasteiger partial charge in [-0.05, 0) is 31.2 Å². The van der Waals surface area contributed by atoms with Gasteiger partial charge in [-0.1, -0.05) is 0 Å². The summed E-state index contributed by atoms with van der Waals surface area (Å²) in [5.41, 5.74) is 3.41. The zero-order chi connectivity index (χ0) is 10.6. The lowest BCUT2D eigenvalue weighted by atomic mass is 10.3. The molecule has 0 aromatic heterocycles. The van der Waals surface area contributed by atoms with Gasteiger partial charge in [0, 0.05) is 6.26 Å². The van der Waals surface area contributed by atoms with Crippen molar-refractivity contribution in [3.8, 4) is 0 Å². The van der Waals surface area contributed by atoms with E-state index in [4.69, 9.17) is 4.84 Å². The summed E-state index contributed by atoms with van der Waals surface area (Å²) < 4.78 is 22.2. The lowest BCUT2D eigenvalue weighted by Crippen LogP contribution is -2.01. The maximum absolute atomic E-state index is 11.1. The minimum absolute atomic E-state index is 0.305. The van der Waals surface area contributed by atoms with Crippen LogP contribution in [0.2, 0.25) is 0 Å². The van der Waals surface area contributed by atoms with Gasteiger partial charge in [-0.25, -0.2) is 8.42 Å². The summed E-state index contributed by atoms with van der Waals surface area (Å²) in [4.78, 5) is 5.25. The molecule has 0 fully saturated rings. The molecule has 0 aliphatic heterocycles. The van der Waals surface area contributed by atoms with E-state index in [-0.39, 0.29) is 0 Å². The second kappa shape index (κ2) is 4.43. The van der Waals surface area contributed by atoms with Crippen LogP contribution in [0.15, 0.2) is 29.2 Å². The molecule has 0 unspecified atom stereocenters. The first-order valence-corrected chi connectivity index (χ1v) is 6.11. The molecular formula is C9H13NO3S. The van der Waals surface area contributed by atoms with Crippen molar-refractivity contribution in [2.45, 2.75) is 11.8 Å². The Morgan fingerprint density at radius 1 is 1.29 bits per heavy atom. The number of rotatable bonds is 4. The van der Waals surface area contributed by atoms with Gasteiger partial charge in [-0.3, -0.25) is 10.3 Å². The van der Waals surface area contributed by atoms with Crippen LogP contribution in [0.25, 0.3) is 0 Å².